The molecule has 0 spiro atoms. The summed E-state index contributed by atoms with van der Waals surface area (Å²) in [6, 6.07) is 0.0879. The van der Waals surface area contributed by atoms with Gasteiger partial charge >= 0.3 is 0 Å². The van der Waals surface area contributed by atoms with E-state index in [-0.39, 0.29) is 11.8 Å². The molecule has 1 heterocycles. The molecule has 0 amide bonds. The van der Waals surface area contributed by atoms with Gasteiger partial charge in [-0.2, -0.15) is 0 Å². The van der Waals surface area contributed by atoms with Crippen molar-refractivity contribution in [2.75, 3.05) is 39.0 Å². The Kier molecular flexibility index (Phi) is 6.40. The number of nitrogens with one attached hydrogen (secondary N) is 2. The van der Waals surface area contributed by atoms with E-state index in [4.69, 9.17) is 0 Å². The Morgan fingerprint density at radius 1 is 1.35 bits per heavy atom. The summed E-state index contributed by atoms with van der Waals surface area (Å²) in [6.45, 7) is 5.36. The summed E-state index contributed by atoms with van der Waals surface area (Å²) in [7, 11) is -1.09. The minimum Gasteiger partial charge on any atom is -0.316 e. The Hall–Kier alpha value is -0.170. The van der Waals surface area contributed by atoms with Gasteiger partial charge in [-0.3, -0.25) is 0 Å². The Bertz CT molecular complexity index is 306. The van der Waals surface area contributed by atoms with Gasteiger partial charge in [-0.15, -0.1) is 0 Å². The van der Waals surface area contributed by atoms with Crippen LogP contribution in [-0.2, 0) is 10.0 Å². The highest BCUT2D eigenvalue weighted by Crippen LogP contribution is 2.08. The molecule has 0 radical (unpaired) electrons. The molecule has 1 saturated heterocycles. The number of hydrogen-bond acceptors (Lipinski definition) is 4. The van der Waals surface area contributed by atoms with E-state index in [2.05, 4.69) is 21.9 Å². The van der Waals surface area contributed by atoms with Crippen LogP contribution >= 0.6 is 0 Å². The lowest BCUT2D eigenvalue weighted by Gasteiger charge is -2.29. The molecule has 0 bridgehead atoms. The zero-order valence-electron chi connectivity index (χ0n) is 10.9. The average molecular weight is 263 g/mol. The number of piperidine rings is 1. The minimum absolute atomic E-state index is 0.0879. The highest BCUT2D eigenvalue weighted by molar-refractivity contribution is 7.89. The predicted octanol–water partition coefficient (Wildman–Crippen LogP) is -0.000400. The maximum Gasteiger partial charge on any atom is 0.213 e. The third-order valence-corrected chi connectivity index (χ3v) is 4.38. The number of sulfonamides is 1. The van der Waals surface area contributed by atoms with Gasteiger partial charge in [-0.25, -0.2) is 13.1 Å². The molecule has 0 saturated carbocycles. The Morgan fingerprint density at radius 2 is 2.12 bits per heavy atom. The van der Waals surface area contributed by atoms with E-state index < -0.39 is 10.0 Å². The molecule has 2 N–H and O–H groups in total. The molecule has 6 heteroatoms. The normalized spacial score (nSPS) is 22.8. The van der Waals surface area contributed by atoms with Crippen molar-refractivity contribution in [3.05, 3.63) is 0 Å². The van der Waals surface area contributed by atoms with Crippen LogP contribution in [0.5, 0.6) is 0 Å². The topological polar surface area (TPSA) is 61.4 Å². The van der Waals surface area contributed by atoms with Crippen LogP contribution in [0, 0.1) is 0 Å². The van der Waals surface area contributed by atoms with Crippen molar-refractivity contribution in [2.45, 2.75) is 32.2 Å². The van der Waals surface area contributed by atoms with Gasteiger partial charge in [0.1, 0.15) is 0 Å². The summed E-state index contributed by atoms with van der Waals surface area (Å²) in [5.41, 5.74) is 0. The van der Waals surface area contributed by atoms with Gasteiger partial charge in [0.05, 0.1) is 5.75 Å². The zero-order chi connectivity index (χ0) is 12.7. The third-order valence-electron chi connectivity index (χ3n) is 2.95. The smallest absolute Gasteiger partial charge is 0.213 e. The number of likely N-dealkylation sites (N-methyl/N-ethyl adjacent to an activating group) is 1. The van der Waals surface area contributed by atoms with Crippen LogP contribution in [0.4, 0.5) is 0 Å². The lowest BCUT2D eigenvalue weighted by molar-refractivity contribution is 0.242. The first kappa shape index (κ1) is 14.9. The minimum atomic E-state index is -3.12. The summed E-state index contributed by atoms with van der Waals surface area (Å²) >= 11 is 0. The molecule has 1 aliphatic heterocycles. The van der Waals surface area contributed by atoms with Crippen LogP contribution in [0.1, 0.15) is 26.2 Å². The van der Waals surface area contributed by atoms with Gasteiger partial charge < -0.3 is 10.2 Å². The van der Waals surface area contributed by atoms with Crippen LogP contribution in [0.2, 0.25) is 0 Å². The Balaban J connectivity index is 2.27. The Morgan fingerprint density at radius 3 is 2.76 bits per heavy atom. The fourth-order valence-corrected chi connectivity index (χ4v) is 3.31. The molecule has 1 rings (SSSR count). The summed E-state index contributed by atoms with van der Waals surface area (Å²) in [4.78, 5) is 2.17. The number of hydrogen-bond donors (Lipinski definition) is 2. The quantitative estimate of drug-likeness (QED) is 0.635. The Labute approximate surface area is 105 Å². The summed E-state index contributed by atoms with van der Waals surface area (Å²) in [5.74, 6) is 0.174. The molecule has 0 aromatic carbocycles. The van der Waals surface area contributed by atoms with Crippen molar-refractivity contribution < 1.29 is 8.42 Å². The first-order valence-electron chi connectivity index (χ1n) is 6.43. The molecule has 0 aromatic heterocycles. The molecule has 0 aliphatic carbocycles. The molecular weight excluding hydrogens is 238 g/mol. The molecule has 5 nitrogen and oxygen atoms in total. The highest BCUT2D eigenvalue weighted by atomic mass is 32.2. The van der Waals surface area contributed by atoms with Crippen molar-refractivity contribution in [3.63, 3.8) is 0 Å². The standard InChI is InChI=1S/C11H25N3O2S/c1-3-6-12-7-9-17(15,16)13-11-5-4-8-14(2)10-11/h11-13H,3-10H2,1-2H3. The third kappa shape index (κ3) is 6.35. The fourth-order valence-electron chi connectivity index (χ4n) is 2.08. The number of rotatable bonds is 7. The second-order valence-electron chi connectivity index (χ2n) is 4.79. The van der Waals surface area contributed by atoms with Crippen molar-refractivity contribution >= 4 is 10.0 Å². The first-order valence-corrected chi connectivity index (χ1v) is 8.08. The van der Waals surface area contributed by atoms with Gasteiger partial charge in [-0.05, 0) is 39.4 Å². The maximum absolute atomic E-state index is 11.8. The maximum atomic E-state index is 11.8. The van der Waals surface area contributed by atoms with Crippen molar-refractivity contribution in [1.82, 2.24) is 14.9 Å². The van der Waals surface area contributed by atoms with E-state index in [1.54, 1.807) is 0 Å². The molecule has 17 heavy (non-hydrogen) atoms. The highest BCUT2D eigenvalue weighted by Gasteiger charge is 2.21. The van der Waals surface area contributed by atoms with Crippen molar-refractivity contribution in [2.24, 2.45) is 0 Å². The molecular formula is C11H25N3O2S. The molecule has 1 aliphatic rings. The average Bonchev–Trinajstić information content (AvgIpc) is 2.24. The second-order valence-corrected chi connectivity index (χ2v) is 6.66. The van der Waals surface area contributed by atoms with E-state index in [0.29, 0.717) is 6.54 Å². The fraction of sp³-hybridized carbons (Fsp3) is 1.00. The van der Waals surface area contributed by atoms with E-state index in [1.807, 2.05) is 7.05 Å². The lowest BCUT2D eigenvalue weighted by atomic mass is 10.1. The second kappa shape index (κ2) is 7.31. The summed E-state index contributed by atoms with van der Waals surface area (Å²) in [6.07, 6.45) is 3.05. The van der Waals surface area contributed by atoms with Crippen LogP contribution < -0.4 is 10.0 Å². The van der Waals surface area contributed by atoms with E-state index >= 15 is 0 Å². The van der Waals surface area contributed by atoms with E-state index in [9.17, 15) is 8.42 Å². The van der Waals surface area contributed by atoms with Gasteiger partial charge in [0.25, 0.3) is 0 Å². The van der Waals surface area contributed by atoms with Gasteiger partial charge in [0.15, 0.2) is 0 Å². The van der Waals surface area contributed by atoms with E-state index in [1.165, 1.54) is 0 Å². The molecule has 1 atom stereocenters. The SMILES string of the molecule is CCCNCCS(=O)(=O)NC1CCCN(C)C1. The number of nitrogens with zero attached hydrogens (tertiary/aromatic N) is 1. The van der Waals surface area contributed by atoms with E-state index in [0.717, 1.165) is 38.9 Å². The van der Waals surface area contributed by atoms with Gasteiger partial charge in [0.2, 0.25) is 10.0 Å². The first-order chi connectivity index (χ1) is 8.03. The van der Waals surface area contributed by atoms with Crippen LogP contribution in [0.15, 0.2) is 0 Å². The monoisotopic (exact) mass is 263 g/mol. The largest absolute Gasteiger partial charge is 0.316 e. The van der Waals surface area contributed by atoms with Crippen LogP contribution in [0.3, 0.4) is 0 Å². The van der Waals surface area contributed by atoms with Gasteiger partial charge in [0, 0.05) is 19.1 Å². The van der Waals surface area contributed by atoms with Crippen LogP contribution in [0.25, 0.3) is 0 Å². The molecule has 1 fully saturated rings. The van der Waals surface area contributed by atoms with Crippen molar-refractivity contribution in [1.29, 1.82) is 0 Å². The summed E-state index contributed by atoms with van der Waals surface area (Å²) < 4.78 is 26.4. The van der Waals surface area contributed by atoms with Gasteiger partial charge in [-0.1, -0.05) is 6.92 Å². The lowest BCUT2D eigenvalue weighted by Crippen LogP contribution is -2.47. The van der Waals surface area contributed by atoms with Crippen LogP contribution in [-0.4, -0.2) is 58.3 Å². The molecule has 1 unspecified atom stereocenters. The molecule has 0 aromatic rings. The zero-order valence-corrected chi connectivity index (χ0v) is 11.7. The summed E-state index contributed by atoms with van der Waals surface area (Å²) in [5, 5.41) is 3.11. The predicted molar refractivity (Wildman–Crippen MR) is 70.6 cm³/mol. The van der Waals surface area contributed by atoms with Crippen molar-refractivity contribution in [3.8, 4) is 0 Å². The molecule has 102 valence electrons. The number of likely N-dealkylation sites (tertiary alicyclic amines) is 1.